The van der Waals surface area contributed by atoms with Crippen molar-refractivity contribution in [3.63, 3.8) is 0 Å². The van der Waals surface area contributed by atoms with E-state index in [-0.39, 0.29) is 5.78 Å². The molecule has 2 heterocycles. The minimum Gasteiger partial charge on any atom is -0.493 e. The summed E-state index contributed by atoms with van der Waals surface area (Å²) in [7, 11) is 3.25. The fraction of sp³-hybridized carbons (Fsp3) is 0.207. The molecule has 0 aliphatic carbocycles. The predicted octanol–water partition coefficient (Wildman–Crippen LogP) is 5.54. The topological polar surface area (TPSA) is 57.2 Å². The molecule has 3 aromatic rings. The fourth-order valence-electron chi connectivity index (χ4n) is 4.46. The summed E-state index contributed by atoms with van der Waals surface area (Å²) in [4.78, 5) is 15.2. The van der Waals surface area contributed by atoms with Crippen molar-refractivity contribution in [3.8, 4) is 23.0 Å². The minimum absolute atomic E-state index is 0.111. The summed E-state index contributed by atoms with van der Waals surface area (Å²) in [6.07, 6.45) is 5.50. The zero-order chi connectivity index (χ0) is 24.4. The van der Waals surface area contributed by atoms with Gasteiger partial charge in [-0.3, -0.25) is 9.69 Å². The molecule has 0 spiro atoms. The van der Waals surface area contributed by atoms with Gasteiger partial charge >= 0.3 is 0 Å². The lowest BCUT2D eigenvalue weighted by molar-refractivity contribution is 0.0876. The number of hydrogen-bond acceptors (Lipinski definition) is 6. The molecule has 0 aromatic heterocycles. The average Bonchev–Trinajstić information content (AvgIpc) is 3.20. The summed E-state index contributed by atoms with van der Waals surface area (Å²) >= 11 is 0. The molecule has 6 nitrogen and oxygen atoms in total. The van der Waals surface area contributed by atoms with Crippen LogP contribution in [-0.4, -0.2) is 31.6 Å². The molecule has 0 saturated heterocycles. The first-order chi connectivity index (χ1) is 17.1. The normalized spacial score (nSPS) is 16.1. The molecule has 0 saturated carbocycles. The number of carbonyl (C=O) groups excluding carboxylic acids is 1. The van der Waals surface area contributed by atoms with E-state index in [2.05, 4.69) is 4.90 Å². The van der Waals surface area contributed by atoms with Gasteiger partial charge in [0.05, 0.1) is 19.8 Å². The second-order valence-corrected chi connectivity index (χ2v) is 8.55. The summed E-state index contributed by atoms with van der Waals surface area (Å²) in [5, 5.41) is 0. The Labute approximate surface area is 205 Å². The molecular weight excluding hydrogens is 442 g/mol. The lowest BCUT2D eigenvalue weighted by Crippen LogP contribution is -2.32. The maximum Gasteiger partial charge on any atom is 0.231 e. The highest BCUT2D eigenvalue weighted by Gasteiger charge is 2.33. The molecule has 0 radical (unpaired) electrons. The van der Waals surface area contributed by atoms with Crippen LogP contribution >= 0.6 is 0 Å². The van der Waals surface area contributed by atoms with Gasteiger partial charge < -0.3 is 18.9 Å². The van der Waals surface area contributed by atoms with Gasteiger partial charge in [0, 0.05) is 24.2 Å². The number of nitrogens with zero attached hydrogens (tertiary/aromatic N) is 1. The molecular formula is C29H27NO5. The summed E-state index contributed by atoms with van der Waals surface area (Å²) in [6.45, 7) is 3.73. The van der Waals surface area contributed by atoms with Crippen molar-refractivity contribution in [2.45, 2.75) is 20.0 Å². The van der Waals surface area contributed by atoms with Crippen molar-refractivity contribution in [2.75, 3.05) is 21.0 Å². The summed E-state index contributed by atoms with van der Waals surface area (Å²) < 4.78 is 22.8. The largest absolute Gasteiger partial charge is 0.493 e. The van der Waals surface area contributed by atoms with E-state index in [4.69, 9.17) is 18.9 Å². The van der Waals surface area contributed by atoms with Gasteiger partial charge in [-0.15, -0.1) is 0 Å². The lowest BCUT2D eigenvalue weighted by Gasteiger charge is -2.30. The molecule has 0 bridgehead atoms. The molecule has 35 heavy (non-hydrogen) atoms. The van der Waals surface area contributed by atoms with Crippen molar-refractivity contribution in [2.24, 2.45) is 0 Å². The molecule has 0 amide bonds. The SMILES string of the molecule is COc1ccc(CN2COc3c(cc4c(c3C)O/C(=C\C=C\c3ccccc3)C4=O)C2)cc1OC. The van der Waals surface area contributed by atoms with E-state index in [1.54, 1.807) is 20.3 Å². The Morgan fingerprint density at radius 2 is 1.80 bits per heavy atom. The number of ketones is 1. The Bertz CT molecular complexity index is 1330. The maximum atomic E-state index is 13.1. The fourth-order valence-corrected chi connectivity index (χ4v) is 4.46. The van der Waals surface area contributed by atoms with Gasteiger partial charge in [0.1, 0.15) is 18.2 Å². The van der Waals surface area contributed by atoms with E-state index in [0.29, 0.717) is 48.4 Å². The first-order valence-corrected chi connectivity index (χ1v) is 11.5. The lowest BCUT2D eigenvalue weighted by atomic mass is 10.00. The van der Waals surface area contributed by atoms with E-state index in [1.807, 2.05) is 73.7 Å². The second kappa shape index (κ2) is 9.68. The van der Waals surface area contributed by atoms with Crippen LogP contribution in [-0.2, 0) is 13.1 Å². The van der Waals surface area contributed by atoms with Crippen LogP contribution < -0.4 is 18.9 Å². The van der Waals surface area contributed by atoms with Crippen molar-refractivity contribution in [3.05, 3.63) is 100 Å². The third-order valence-electron chi connectivity index (χ3n) is 6.19. The van der Waals surface area contributed by atoms with E-state index < -0.39 is 0 Å². The highest BCUT2D eigenvalue weighted by Crippen LogP contribution is 2.43. The molecule has 0 fully saturated rings. The van der Waals surface area contributed by atoms with Crippen LogP contribution in [0.3, 0.4) is 0 Å². The Kier molecular flexibility index (Phi) is 6.29. The van der Waals surface area contributed by atoms with Crippen LogP contribution in [0.2, 0.25) is 0 Å². The summed E-state index contributed by atoms with van der Waals surface area (Å²) in [6, 6.07) is 17.7. The number of fused-ring (bicyclic) bond motifs is 2. The molecule has 2 aliphatic rings. The zero-order valence-electron chi connectivity index (χ0n) is 20.0. The van der Waals surface area contributed by atoms with Crippen molar-refractivity contribution in [1.82, 2.24) is 4.90 Å². The third-order valence-corrected chi connectivity index (χ3v) is 6.19. The smallest absolute Gasteiger partial charge is 0.231 e. The number of allylic oxidation sites excluding steroid dienone is 3. The summed E-state index contributed by atoms with van der Waals surface area (Å²) in [5.74, 6) is 2.98. The first-order valence-electron chi connectivity index (χ1n) is 11.5. The highest BCUT2D eigenvalue weighted by molar-refractivity contribution is 6.13. The van der Waals surface area contributed by atoms with Gasteiger partial charge in [0.2, 0.25) is 5.78 Å². The molecule has 0 N–H and O–H groups in total. The number of benzene rings is 3. The van der Waals surface area contributed by atoms with Gasteiger partial charge in [0.25, 0.3) is 0 Å². The number of carbonyl (C=O) groups is 1. The quantitative estimate of drug-likeness (QED) is 0.442. The Hall–Kier alpha value is -4.03. The number of hydrogen-bond donors (Lipinski definition) is 0. The zero-order valence-corrected chi connectivity index (χ0v) is 20.0. The van der Waals surface area contributed by atoms with Crippen LogP contribution in [0.15, 0.2) is 72.5 Å². The Balaban J connectivity index is 1.34. The van der Waals surface area contributed by atoms with Crippen LogP contribution in [0.25, 0.3) is 6.08 Å². The van der Waals surface area contributed by atoms with Crippen LogP contribution in [0.5, 0.6) is 23.0 Å². The number of rotatable bonds is 6. The number of Topliss-reactive ketones (excluding diaryl/α,β-unsaturated/α-hetero) is 1. The molecule has 0 unspecified atom stereocenters. The van der Waals surface area contributed by atoms with E-state index in [0.717, 1.165) is 28.0 Å². The molecule has 5 rings (SSSR count). The van der Waals surface area contributed by atoms with Crippen LogP contribution in [0, 0.1) is 6.92 Å². The van der Waals surface area contributed by atoms with E-state index in [9.17, 15) is 4.79 Å². The predicted molar refractivity (Wildman–Crippen MR) is 134 cm³/mol. The Morgan fingerprint density at radius 3 is 2.57 bits per heavy atom. The third kappa shape index (κ3) is 4.53. The van der Waals surface area contributed by atoms with Crippen molar-refractivity contribution < 1.29 is 23.7 Å². The van der Waals surface area contributed by atoms with Gasteiger partial charge in [-0.25, -0.2) is 0 Å². The van der Waals surface area contributed by atoms with Gasteiger partial charge in [0.15, 0.2) is 17.3 Å². The maximum absolute atomic E-state index is 13.1. The van der Waals surface area contributed by atoms with Crippen molar-refractivity contribution in [1.29, 1.82) is 0 Å². The van der Waals surface area contributed by atoms with Gasteiger partial charge in [-0.05, 0) is 42.3 Å². The van der Waals surface area contributed by atoms with Crippen LogP contribution in [0.1, 0.15) is 32.6 Å². The van der Waals surface area contributed by atoms with Gasteiger partial charge in [-0.1, -0.05) is 48.6 Å². The first kappa shape index (κ1) is 22.7. The van der Waals surface area contributed by atoms with Crippen molar-refractivity contribution >= 4 is 11.9 Å². The molecule has 2 aliphatic heterocycles. The molecule has 6 heteroatoms. The monoisotopic (exact) mass is 469 g/mol. The van der Waals surface area contributed by atoms with Crippen LogP contribution in [0.4, 0.5) is 0 Å². The van der Waals surface area contributed by atoms with E-state index >= 15 is 0 Å². The molecule has 3 aromatic carbocycles. The molecule has 0 atom stereocenters. The number of methoxy groups -OCH3 is 2. The summed E-state index contributed by atoms with van der Waals surface area (Å²) in [5.41, 5.74) is 4.56. The molecule has 178 valence electrons. The second-order valence-electron chi connectivity index (χ2n) is 8.55. The van der Waals surface area contributed by atoms with E-state index in [1.165, 1.54) is 0 Å². The number of ether oxygens (including phenoxy) is 4. The highest BCUT2D eigenvalue weighted by atomic mass is 16.5. The standard InChI is InChI=1S/C29H27NO5/c1-19-28-22(17-30(18-34-28)16-21-12-13-24(32-2)26(14-21)33-3)15-23-27(31)25(35-29(19)23)11-7-10-20-8-5-4-6-9-20/h4-15H,16-18H2,1-3H3/b10-7+,25-11-. The average molecular weight is 470 g/mol. The van der Waals surface area contributed by atoms with Gasteiger partial charge in [-0.2, -0.15) is 0 Å². The Morgan fingerprint density at radius 1 is 1.00 bits per heavy atom. The minimum atomic E-state index is -0.111.